The van der Waals surface area contributed by atoms with Gasteiger partial charge in [-0.05, 0) is 60.2 Å². The minimum Gasteiger partial charge on any atom is -0.337 e. The lowest BCUT2D eigenvalue weighted by molar-refractivity contribution is 0.0984. The number of hydrogen-bond acceptors (Lipinski definition) is 2. The highest BCUT2D eigenvalue weighted by atomic mass is 127. The quantitative estimate of drug-likeness (QED) is 0.558. The fourth-order valence-corrected chi connectivity index (χ4v) is 2.75. The van der Waals surface area contributed by atoms with Gasteiger partial charge in [0.2, 0.25) is 0 Å². The number of Topliss-reactive ketones (excluding diaryl/α,β-unsaturated/α-hetero) is 1. The lowest BCUT2D eigenvalue weighted by atomic mass is 10.1. The Bertz CT molecular complexity index is 711. The fourth-order valence-electron chi connectivity index (χ4n) is 2.11. The molecule has 2 N–H and O–H groups in total. The van der Waals surface area contributed by atoms with E-state index in [1.165, 1.54) is 0 Å². The van der Waals surface area contributed by atoms with Crippen LogP contribution in [0, 0.1) is 17.4 Å². The number of nitrogens with one attached hydrogen (secondary N) is 2. The van der Waals surface area contributed by atoms with Gasteiger partial charge in [0.15, 0.2) is 5.78 Å². The summed E-state index contributed by atoms with van der Waals surface area (Å²) >= 11 is 2.23. The molecule has 0 aromatic heterocycles. The van der Waals surface area contributed by atoms with Crippen molar-refractivity contribution in [2.45, 2.75) is 20.3 Å². The summed E-state index contributed by atoms with van der Waals surface area (Å²) in [6.45, 7) is 4.23. The highest BCUT2D eigenvalue weighted by Gasteiger charge is 2.08. The summed E-state index contributed by atoms with van der Waals surface area (Å²) in [5.74, 6) is 0.0238. The van der Waals surface area contributed by atoms with Gasteiger partial charge in [-0.15, -0.1) is 0 Å². The number of hydrogen-bond donors (Lipinski definition) is 2. The fraction of sp³-hybridized carbons (Fsp3) is 0.222. The minimum absolute atomic E-state index is 0.0238. The van der Waals surface area contributed by atoms with E-state index in [2.05, 4.69) is 33.2 Å². The van der Waals surface area contributed by atoms with Crippen molar-refractivity contribution in [3.63, 3.8) is 0 Å². The summed E-state index contributed by atoms with van der Waals surface area (Å²) in [6.07, 6.45) is 0.280. The van der Waals surface area contributed by atoms with E-state index in [4.69, 9.17) is 0 Å². The molecule has 0 bridgehead atoms. The molecule has 2 amide bonds. The third-order valence-corrected chi connectivity index (χ3v) is 4.12. The first-order valence-electron chi connectivity index (χ1n) is 7.36. The molecular weight excluding hydrogens is 403 g/mol. The Balaban J connectivity index is 1.80. The number of carbonyl (C=O) groups excluding carboxylic acids is 2. The SMILES string of the molecule is Cc1ccc(C(=O)CCNC(=O)Nc2ccc(I)cc2C)cc1. The van der Waals surface area contributed by atoms with E-state index in [9.17, 15) is 9.59 Å². The average molecular weight is 422 g/mol. The van der Waals surface area contributed by atoms with E-state index < -0.39 is 0 Å². The van der Waals surface area contributed by atoms with Gasteiger partial charge in [-0.2, -0.15) is 0 Å². The summed E-state index contributed by atoms with van der Waals surface area (Å²) in [6, 6.07) is 12.9. The molecule has 0 saturated heterocycles. The van der Waals surface area contributed by atoms with Crippen molar-refractivity contribution >= 4 is 40.1 Å². The van der Waals surface area contributed by atoms with E-state index in [1.807, 2.05) is 56.3 Å². The number of aryl methyl sites for hydroxylation is 2. The number of amides is 2. The highest BCUT2D eigenvalue weighted by molar-refractivity contribution is 14.1. The van der Waals surface area contributed by atoms with Crippen LogP contribution in [0.2, 0.25) is 0 Å². The molecule has 2 aromatic rings. The van der Waals surface area contributed by atoms with Crippen LogP contribution in [0.1, 0.15) is 27.9 Å². The van der Waals surface area contributed by atoms with Crippen molar-refractivity contribution in [3.8, 4) is 0 Å². The highest BCUT2D eigenvalue weighted by Crippen LogP contribution is 2.17. The van der Waals surface area contributed by atoms with Gasteiger partial charge in [0, 0.05) is 27.8 Å². The van der Waals surface area contributed by atoms with Gasteiger partial charge in [0.1, 0.15) is 0 Å². The standard InChI is InChI=1S/C18H19IN2O2/c1-12-3-5-14(6-4-12)17(22)9-10-20-18(23)21-16-8-7-15(19)11-13(16)2/h3-8,11H,9-10H2,1-2H3,(H2,20,21,23). The number of halogens is 1. The van der Waals surface area contributed by atoms with Crippen molar-refractivity contribution in [2.24, 2.45) is 0 Å². The van der Waals surface area contributed by atoms with Crippen LogP contribution in [0.15, 0.2) is 42.5 Å². The molecule has 2 rings (SSSR count). The molecule has 0 unspecified atom stereocenters. The molecular formula is C18H19IN2O2. The molecule has 0 radical (unpaired) electrons. The Morgan fingerprint density at radius 3 is 2.39 bits per heavy atom. The number of carbonyl (C=O) groups is 2. The number of urea groups is 1. The predicted molar refractivity (Wildman–Crippen MR) is 101 cm³/mol. The second-order valence-electron chi connectivity index (χ2n) is 5.38. The maximum absolute atomic E-state index is 12.0. The maximum Gasteiger partial charge on any atom is 0.319 e. The maximum atomic E-state index is 12.0. The molecule has 0 aliphatic carbocycles. The molecule has 4 nitrogen and oxygen atoms in total. The number of anilines is 1. The summed E-state index contributed by atoms with van der Waals surface area (Å²) in [4.78, 5) is 23.9. The van der Waals surface area contributed by atoms with E-state index >= 15 is 0 Å². The minimum atomic E-state index is -0.300. The van der Waals surface area contributed by atoms with Gasteiger partial charge < -0.3 is 10.6 Å². The molecule has 2 aromatic carbocycles. The largest absolute Gasteiger partial charge is 0.337 e. The number of ketones is 1. The van der Waals surface area contributed by atoms with Crippen LogP contribution in [0.4, 0.5) is 10.5 Å². The number of rotatable bonds is 5. The van der Waals surface area contributed by atoms with Gasteiger partial charge in [-0.1, -0.05) is 29.8 Å². The van der Waals surface area contributed by atoms with Gasteiger partial charge in [-0.3, -0.25) is 4.79 Å². The Kier molecular flexibility index (Phi) is 6.15. The van der Waals surface area contributed by atoms with Crippen LogP contribution < -0.4 is 10.6 Å². The zero-order chi connectivity index (χ0) is 16.8. The van der Waals surface area contributed by atoms with Crippen LogP contribution in [0.3, 0.4) is 0 Å². The van der Waals surface area contributed by atoms with Crippen molar-refractivity contribution in [1.82, 2.24) is 5.32 Å². The van der Waals surface area contributed by atoms with Gasteiger partial charge in [0.25, 0.3) is 0 Å². The Morgan fingerprint density at radius 1 is 1.04 bits per heavy atom. The number of benzene rings is 2. The first-order chi connectivity index (χ1) is 11.0. The monoisotopic (exact) mass is 422 g/mol. The van der Waals surface area contributed by atoms with E-state index in [-0.39, 0.29) is 18.2 Å². The van der Waals surface area contributed by atoms with Crippen LogP contribution in [-0.4, -0.2) is 18.4 Å². The third kappa shape index (κ3) is 5.35. The van der Waals surface area contributed by atoms with E-state index in [0.717, 1.165) is 20.4 Å². The topological polar surface area (TPSA) is 58.2 Å². The van der Waals surface area contributed by atoms with Gasteiger partial charge >= 0.3 is 6.03 Å². The Labute approximate surface area is 149 Å². The summed E-state index contributed by atoms with van der Waals surface area (Å²) in [7, 11) is 0. The van der Waals surface area contributed by atoms with Crippen LogP contribution in [-0.2, 0) is 0 Å². The zero-order valence-corrected chi connectivity index (χ0v) is 15.3. The normalized spacial score (nSPS) is 10.2. The summed E-state index contributed by atoms with van der Waals surface area (Å²) < 4.78 is 1.12. The van der Waals surface area contributed by atoms with E-state index in [1.54, 1.807) is 0 Å². The molecule has 0 fully saturated rings. The Hall–Kier alpha value is -1.89. The molecule has 0 saturated carbocycles. The Morgan fingerprint density at radius 2 is 1.74 bits per heavy atom. The predicted octanol–water partition coefficient (Wildman–Crippen LogP) is 4.30. The summed E-state index contributed by atoms with van der Waals surface area (Å²) in [5, 5.41) is 5.51. The second kappa shape index (κ2) is 8.10. The van der Waals surface area contributed by atoms with Crippen LogP contribution in [0.5, 0.6) is 0 Å². The summed E-state index contributed by atoms with van der Waals surface area (Å²) in [5.41, 5.74) is 3.56. The lowest BCUT2D eigenvalue weighted by Gasteiger charge is -2.10. The molecule has 0 aliphatic heterocycles. The van der Waals surface area contributed by atoms with Crippen molar-refractivity contribution < 1.29 is 9.59 Å². The van der Waals surface area contributed by atoms with E-state index in [0.29, 0.717) is 12.1 Å². The van der Waals surface area contributed by atoms with Crippen molar-refractivity contribution in [2.75, 3.05) is 11.9 Å². The first kappa shape index (κ1) is 17.5. The molecule has 120 valence electrons. The van der Waals surface area contributed by atoms with Crippen LogP contribution in [0.25, 0.3) is 0 Å². The van der Waals surface area contributed by atoms with Gasteiger partial charge in [0.05, 0.1) is 0 Å². The molecule has 0 heterocycles. The third-order valence-electron chi connectivity index (χ3n) is 3.45. The van der Waals surface area contributed by atoms with Gasteiger partial charge in [-0.25, -0.2) is 4.79 Å². The smallest absolute Gasteiger partial charge is 0.319 e. The molecule has 0 spiro atoms. The molecule has 23 heavy (non-hydrogen) atoms. The second-order valence-corrected chi connectivity index (χ2v) is 6.62. The average Bonchev–Trinajstić information content (AvgIpc) is 2.50. The first-order valence-corrected chi connectivity index (χ1v) is 8.44. The lowest BCUT2D eigenvalue weighted by Crippen LogP contribution is -2.30. The molecule has 0 atom stereocenters. The zero-order valence-electron chi connectivity index (χ0n) is 13.2. The van der Waals surface area contributed by atoms with Crippen molar-refractivity contribution in [3.05, 3.63) is 62.7 Å². The van der Waals surface area contributed by atoms with Crippen LogP contribution >= 0.6 is 22.6 Å². The molecule has 5 heteroatoms. The van der Waals surface area contributed by atoms with Crippen molar-refractivity contribution in [1.29, 1.82) is 0 Å². The molecule has 0 aliphatic rings.